The molecule has 170 valence electrons. The zero-order valence-electron chi connectivity index (χ0n) is 18.8. The predicted molar refractivity (Wildman–Crippen MR) is 130 cm³/mol. The lowest BCUT2D eigenvalue weighted by Gasteiger charge is -2.31. The lowest BCUT2D eigenvalue weighted by atomic mass is 9.97. The lowest BCUT2D eigenvalue weighted by molar-refractivity contribution is -0.142. The smallest absolute Gasteiger partial charge is 0.306 e. The first-order valence-electron chi connectivity index (χ1n) is 11.5. The third-order valence-corrected chi connectivity index (χ3v) is 6.74. The molecule has 0 saturated carbocycles. The van der Waals surface area contributed by atoms with Crippen molar-refractivity contribution in [3.05, 3.63) is 72.7 Å². The molecule has 0 aliphatic carbocycles. The van der Waals surface area contributed by atoms with Gasteiger partial charge in [0, 0.05) is 30.2 Å². The van der Waals surface area contributed by atoms with Crippen molar-refractivity contribution in [1.29, 1.82) is 0 Å². The molecule has 0 bridgehead atoms. The SMILES string of the molecule is Cc1cccc2c(-c3cccn4nccc34)nn(-c3ccc(N4CCC(C(=O)O)CC4)nc3)c12. The topological polar surface area (TPSA) is 88.6 Å². The summed E-state index contributed by atoms with van der Waals surface area (Å²) in [7, 11) is 0. The van der Waals surface area contributed by atoms with Gasteiger partial charge >= 0.3 is 5.97 Å². The molecule has 0 spiro atoms. The van der Waals surface area contributed by atoms with E-state index >= 15 is 0 Å². The first kappa shape index (κ1) is 20.4. The molecular weight excluding hydrogens is 428 g/mol. The number of carboxylic acid groups (broad SMARTS) is 1. The van der Waals surface area contributed by atoms with E-state index in [1.165, 1.54) is 0 Å². The van der Waals surface area contributed by atoms with Crippen LogP contribution in [0.4, 0.5) is 5.82 Å². The van der Waals surface area contributed by atoms with Gasteiger partial charge in [-0.2, -0.15) is 10.2 Å². The van der Waals surface area contributed by atoms with Crippen LogP contribution in [-0.4, -0.2) is 48.5 Å². The third-order valence-electron chi connectivity index (χ3n) is 6.74. The van der Waals surface area contributed by atoms with Crippen molar-refractivity contribution < 1.29 is 9.90 Å². The molecule has 34 heavy (non-hydrogen) atoms. The van der Waals surface area contributed by atoms with Crippen molar-refractivity contribution in [1.82, 2.24) is 24.4 Å². The average Bonchev–Trinajstić information content (AvgIpc) is 3.50. The summed E-state index contributed by atoms with van der Waals surface area (Å²) < 4.78 is 3.83. The van der Waals surface area contributed by atoms with Gasteiger partial charge in [0.15, 0.2) is 0 Å². The molecule has 1 N–H and O–H groups in total. The van der Waals surface area contributed by atoms with Gasteiger partial charge in [0.1, 0.15) is 11.5 Å². The van der Waals surface area contributed by atoms with Crippen LogP contribution in [0.1, 0.15) is 18.4 Å². The summed E-state index contributed by atoms with van der Waals surface area (Å²) in [4.78, 5) is 18.1. The minimum atomic E-state index is -0.702. The van der Waals surface area contributed by atoms with Gasteiger partial charge < -0.3 is 10.0 Å². The largest absolute Gasteiger partial charge is 0.481 e. The number of pyridine rings is 2. The standard InChI is InChI=1S/C26H24N6O2/c1-17-4-2-5-21-24(20-6-3-13-31-22(20)9-12-28-31)29-32(25(17)21)19-7-8-23(27-16-19)30-14-10-18(11-15-30)26(33)34/h2-9,12-13,16,18H,10-11,14-15H2,1H3,(H,33,34). The number of aryl methyl sites for hydroxylation is 1. The van der Waals surface area contributed by atoms with Gasteiger partial charge in [-0.25, -0.2) is 14.2 Å². The Morgan fingerprint density at radius 3 is 2.68 bits per heavy atom. The maximum absolute atomic E-state index is 11.2. The minimum Gasteiger partial charge on any atom is -0.481 e. The Morgan fingerprint density at radius 2 is 1.91 bits per heavy atom. The summed E-state index contributed by atoms with van der Waals surface area (Å²) in [6.45, 7) is 3.50. The molecule has 1 aliphatic rings. The predicted octanol–water partition coefficient (Wildman–Crippen LogP) is 4.34. The fraction of sp³-hybridized carbons (Fsp3) is 0.231. The second-order valence-corrected chi connectivity index (χ2v) is 8.79. The zero-order chi connectivity index (χ0) is 23.2. The molecule has 1 fully saturated rings. The lowest BCUT2D eigenvalue weighted by Crippen LogP contribution is -2.36. The fourth-order valence-electron chi connectivity index (χ4n) is 4.92. The van der Waals surface area contributed by atoms with E-state index in [9.17, 15) is 9.90 Å². The Balaban J connectivity index is 1.40. The van der Waals surface area contributed by atoms with Crippen LogP contribution < -0.4 is 4.90 Å². The number of fused-ring (bicyclic) bond motifs is 2. The molecule has 0 unspecified atom stereocenters. The van der Waals surface area contributed by atoms with E-state index in [1.54, 1.807) is 6.20 Å². The van der Waals surface area contributed by atoms with Crippen LogP contribution in [0.15, 0.2) is 67.1 Å². The van der Waals surface area contributed by atoms with Crippen LogP contribution in [0, 0.1) is 12.8 Å². The summed E-state index contributed by atoms with van der Waals surface area (Å²) in [6.07, 6.45) is 6.87. The van der Waals surface area contributed by atoms with E-state index in [-0.39, 0.29) is 5.92 Å². The van der Waals surface area contributed by atoms with Crippen LogP contribution >= 0.6 is 0 Å². The molecule has 0 amide bonds. The summed E-state index contributed by atoms with van der Waals surface area (Å²) in [6, 6.07) is 16.4. The van der Waals surface area contributed by atoms with E-state index < -0.39 is 5.97 Å². The van der Waals surface area contributed by atoms with Crippen molar-refractivity contribution in [3.63, 3.8) is 0 Å². The van der Waals surface area contributed by atoms with E-state index in [0.717, 1.165) is 44.7 Å². The van der Waals surface area contributed by atoms with Crippen LogP contribution in [0.2, 0.25) is 0 Å². The van der Waals surface area contributed by atoms with Crippen molar-refractivity contribution in [3.8, 4) is 16.9 Å². The summed E-state index contributed by atoms with van der Waals surface area (Å²) >= 11 is 0. The Morgan fingerprint density at radius 1 is 1.06 bits per heavy atom. The molecule has 1 saturated heterocycles. The third kappa shape index (κ3) is 3.30. The Labute approximate surface area is 196 Å². The Bertz CT molecular complexity index is 1510. The molecule has 0 atom stereocenters. The highest BCUT2D eigenvalue weighted by Gasteiger charge is 2.25. The maximum atomic E-state index is 11.2. The monoisotopic (exact) mass is 452 g/mol. The highest BCUT2D eigenvalue weighted by Crippen LogP contribution is 2.34. The number of benzene rings is 1. The van der Waals surface area contributed by atoms with E-state index in [4.69, 9.17) is 10.1 Å². The molecule has 8 heteroatoms. The minimum absolute atomic E-state index is 0.257. The van der Waals surface area contributed by atoms with Gasteiger partial charge in [0.25, 0.3) is 0 Å². The van der Waals surface area contributed by atoms with Gasteiger partial charge in [-0.05, 0) is 55.7 Å². The number of para-hydroxylation sites is 1. The second-order valence-electron chi connectivity index (χ2n) is 8.79. The van der Waals surface area contributed by atoms with Crippen LogP contribution in [0.25, 0.3) is 33.4 Å². The summed E-state index contributed by atoms with van der Waals surface area (Å²) in [5, 5.41) is 19.7. The molecule has 0 radical (unpaired) electrons. The summed E-state index contributed by atoms with van der Waals surface area (Å²) in [5.74, 6) is -0.0936. The number of aromatic nitrogens is 5. The molecule has 6 rings (SSSR count). The molecule has 1 aromatic carbocycles. The van der Waals surface area contributed by atoms with Gasteiger partial charge in [-0.3, -0.25) is 4.79 Å². The van der Waals surface area contributed by atoms with E-state index in [0.29, 0.717) is 25.9 Å². The number of hydrogen-bond acceptors (Lipinski definition) is 5. The quantitative estimate of drug-likeness (QED) is 0.436. The highest BCUT2D eigenvalue weighted by molar-refractivity contribution is 5.99. The van der Waals surface area contributed by atoms with Crippen molar-refractivity contribution in [2.24, 2.45) is 5.92 Å². The number of rotatable bonds is 4. The number of anilines is 1. The van der Waals surface area contributed by atoms with Gasteiger partial charge in [0.05, 0.1) is 35.0 Å². The van der Waals surface area contributed by atoms with Crippen molar-refractivity contribution in [2.75, 3.05) is 18.0 Å². The number of carbonyl (C=O) groups is 1. The average molecular weight is 453 g/mol. The number of aliphatic carboxylic acids is 1. The van der Waals surface area contributed by atoms with E-state index in [2.05, 4.69) is 41.2 Å². The molecule has 5 aromatic rings. The first-order chi connectivity index (χ1) is 16.6. The molecule has 4 aromatic heterocycles. The number of nitrogens with zero attached hydrogens (tertiary/aromatic N) is 6. The van der Waals surface area contributed by atoms with Crippen LogP contribution in [0.3, 0.4) is 0 Å². The van der Waals surface area contributed by atoms with Crippen LogP contribution in [-0.2, 0) is 4.79 Å². The molecule has 8 nitrogen and oxygen atoms in total. The Kier molecular flexibility index (Phi) is 4.79. The number of carboxylic acids is 1. The number of hydrogen-bond donors (Lipinski definition) is 1. The normalized spacial score (nSPS) is 14.8. The van der Waals surface area contributed by atoms with Gasteiger partial charge in [-0.15, -0.1) is 0 Å². The molecular formula is C26H24N6O2. The highest BCUT2D eigenvalue weighted by atomic mass is 16.4. The summed E-state index contributed by atoms with van der Waals surface area (Å²) in [5.41, 5.74) is 6.01. The second kappa shape index (κ2) is 7.98. The van der Waals surface area contributed by atoms with E-state index in [1.807, 2.05) is 45.9 Å². The molecule has 1 aliphatic heterocycles. The van der Waals surface area contributed by atoms with Gasteiger partial charge in [-0.1, -0.05) is 18.2 Å². The molecule has 5 heterocycles. The van der Waals surface area contributed by atoms with Gasteiger partial charge in [0.2, 0.25) is 0 Å². The van der Waals surface area contributed by atoms with Crippen molar-refractivity contribution in [2.45, 2.75) is 19.8 Å². The maximum Gasteiger partial charge on any atom is 0.306 e. The Hall–Kier alpha value is -4.20. The zero-order valence-corrected chi connectivity index (χ0v) is 18.8. The number of piperidine rings is 1. The van der Waals surface area contributed by atoms with Crippen LogP contribution in [0.5, 0.6) is 0 Å². The fourth-order valence-corrected chi connectivity index (χ4v) is 4.92. The first-order valence-corrected chi connectivity index (χ1v) is 11.5. The van der Waals surface area contributed by atoms with Crippen molar-refractivity contribution >= 4 is 28.2 Å².